The number of anilines is 2. The molecule has 5 amide bonds. The number of imide groups is 1. The molecule has 18 heteroatoms. The second kappa shape index (κ2) is 22.6. The van der Waals surface area contributed by atoms with Crippen LogP contribution >= 0.6 is 0 Å². The number of hydrogen-bond acceptors (Lipinski definition) is 13. The number of aromatic nitrogens is 4. The smallest absolute Gasteiger partial charge is 0.255 e. The molecule has 0 aliphatic carbocycles. The molecular weight excluding hydrogens is 869 g/mol. The second-order valence-electron chi connectivity index (χ2n) is 17.3. The normalized spacial score (nSPS) is 17.0. The molecule has 0 saturated carbocycles. The largest absolute Gasteiger partial charge is 0.494 e. The predicted molar refractivity (Wildman–Crippen MR) is 253 cm³/mol. The number of piperidine rings is 2. The molecule has 68 heavy (non-hydrogen) atoms. The van der Waals surface area contributed by atoms with Crippen molar-refractivity contribution in [1.82, 2.24) is 41.0 Å². The maximum absolute atomic E-state index is 13.6. The van der Waals surface area contributed by atoms with Crippen LogP contribution in [0.5, 0.6) is 5.75 Å². The standard InChI is InChI=1S/C50H58N10O8/c1-33(53-46(63)36-10-5-11-37(29-36)57-50(19-23-52-24-20-50)49-56-45(58-59-49)34-17-21-51-22-18-34)35-9-6-12-38(30-35)68-28-4-2-3-25-66-26-8-27-67-32-44(62)54-41-14-7-13-39-40(41)31-60(48(39)65)42-15-16-43(61)55-47(42)64/h5-7,9-14,17-18,21-22,29-30,33,42,52,57H,2-4,8,15-16,19-20,23-28,31-32H2,1H3,(H,53,63)(H,54,62)(H,55,61,64)(H,56,58,59)/t33-,42?/m1/s1. The Morgan fingerprint density at radius 2 is 1.66 bits per heavy atom. The van der Waals surface area contributed by atoms with Gasteiger partial charge < -0.3 is 40.4 Å². The molecule has 8 rings (SSSR count). The number of carbonyl (C=O) groups excluding carboxylic acids is 5. The van der Waals surface area contributed by atoms with E-state index >= 15 is 0 Å². The first-order valence-electron chi connectivity index (χ1n) is 23.3. The van der Waals surface area contributed by atoms with Crippen LogP contribution in [0.25, 0.3) is 11.4 Å². The predicted octanol–water partition coefficient (Wildman–Crippen LogP) is 5.42. The summed E-state index contributed by atoms with van der Waals surface area (Å²) in [5, 5.41) is 23.1. The number of carbonyl (C=O) groups is 5. The van der Waals surface area contributed by atoms with Crippen molar-refractivity contribution in [3.8, 4) is 17.1 Å². The summed E-state index contributed by atoms with van der Waals surface area (Å²) in [6.45, 7) is 5.60. The summed E-state index contributed by atoms with van der Waals surface area (Å²) >= 11 is 0. The van der Waals surface area contributed by atoms with Crippen LogP contribution in [0, 0.1) is 0 Å². The summed E-state index contributed by atoms with van der Waals surface area (Å²) < 4.78 is 17.4. The minimum Gasteiger partial charge on any atom is -0.494 e. The number of nitrogens with one attached hydrogen (secondary N) is 6. The molecule has 3 aliphatic rings. The van der Waals surface area contributed by atoms with Crippen LogP contribution in [-0.2, 0) is 35.9 Å². The van der Waals surface area contributed by atoms with Gasteiger partial charge in [0.2, 0.25) is 17.7 Å². The van der Waals surface area contributed by atoms with Gasteiger partial charge in [-0.2, -0.15) is 5.10 Å². The van der Waals surface area contributed by atoms with E-state index in [4.69, 9.17) is 19.2 Å². The number of benzene rings is 3. The van der Waals surface area contributed by atoms with Crippen LogP contribution < -0.4 is 31.3 Å². The first kappa shape index (κ1) is 47.5. The molecule has 0 radical (unpaired) electrons. The maximum Gasteiger partial charge on any atom is 0.255 e. The number of fused-ring (bicyclic) bond motifs is 1. The molecule has 5 heterocycles. The van der Waals surface area contributed by atoms with Gasteiger partial charge >= 0.3 is 0 Å². The van der Waals surface area contributed by atoms with Gasteiger partial charge in [0.25, 0.3) is 11.8 Å². The van der Waals surface area contributed by atoms with Gasteiger partial charge in [-0.15, -0.1) is 0 Å². The highest BCUT2D eigenvalue weighted by molar-refractivity contribution is 6.07. The number of pyridine rings is 1. The topological polar surface area (TPSA) is 231 Å². The molecule has 2 fully saturated rings. The molecule has 0 bridgehead atoms. The number of unbranched alkanes of at least 4 members (excludes halogenated alkanes) is 2. The van der Waals surface area contributed by atoms with Crippen molar-refractivity contribution in [2.75, 3.05) is 56.8 Å². The molecule has 2 aromatic heterocycles. The summed E-state index contributed by atoms with van der Waals surface area (Å²) in [6.07, 6.45) is 8.74. The third-order valence-corrected chi connectivity index (χ3v) is 12.4. The van der Waals surface area contributed by atoms with Gasteiger partial charge in [0.15, 0.2) is 11.6 Å². The lowest BCUT2D eigenvalue weighted by atomic mass is 9.87. The zero-order valence-electron chi connectivity index (χ0n) is 38.2. The number of aromatic amines is 1. The summed E-state index contributed by atoms with van der Waals surface area (Å²) in [6, 6.07) is 23.2. The highest BCUT2D eigenvalue weighted by atomic mass is 16.5. The van der Waals surface area contributed by atoms with Gasteiger partial charge in [-0.05, 0) is 125 Å². The fourth-order valence-electron chi connectivity index (χ4n) is 8.72. The van der Waals surface area contributed by atoms with Crippen LogP contribution in [0.1, 0.15) is 102 Å². The Balaban J connectivity index is 0.695. The van der Waals surface area contributed by atoms with Crippen molar-refractivity contribution in [2.24, 2.45) is 0 Å². The van der Waals surface area contributed by atoms with E-state index in [9.17, 15) is 24.0 Å². The highest BCUT2D eigenvalue weighted by Gasteiger charge is 2.40. The molecule has 18 nitrogen and oxygen atoms in total. The van der Waals surface area contributed by atoms with Gasteiger partial charge in [-0.25, -0.2) is 4.98 Å². The Bertz CT molecular complexity index is 2560. The van der Waals surface area contributed by atoms with Gasteiger partial charge in [0.05, 0.1) is 18.2 Å². The number of rotatable bonds is 22. The van der Waals surface area contributed by atoms with Crippen LogP contribution in [-0.4, -0.2) is 107 Å². The average Bonchev–Trinajstić information content (AvgIpc) is 3.99. The number of ether oxygens (including phenoxy) is 3. The molecule has 356 valence electrons. The van der Waals surface area contributed by atoms with Crippen molar-refractivity contribution in [2.45, 2.75) is 82.5 Å². The molecule has 3 aliphatic heterocycles. The molecular formula is C50H58N10O8. The van der Waals surface area contributed by atoms with Gasteiger partial charge in [0.1, 0.15) is 18.4 Å². The lowest BCUT2D eigenvalue weighted by Crippen LogP contribution is -2.52. The lowest BCUT2D eigenvalue weighted by Gasteiger charge is -2.37. The van der Waals surface area contributed by atoms with Crippen molar-refractivity contribution in [3.05, 3.63) is 119 Å². The summed E-state index contributed by atoms with van der Waals surface area (Å²) in [4.78, 5) is 73.7. The molecule has 3 aromatic carbocycles. The summed E-state index contributed by atoms with van der Waals surface area (Å²) in [7, 11) is 0. The van der Waals surface area contributed by atoms with E-state index in [1.165, 1.54) is 4.90 Å². The maximum atomic E-state index is 13.6. The number of H-pyrrole nitrogens is 1. The Kier molecular flexibility index (Phi) is 15.8. The zero-order chi connectivity index (χ0) is 47.3. The zero-order valence-corrected chi connectivity index (χ0v) is 38.2. The average molecular weight is 927 g/mol. The quantitative estimate of drug-likeness (QED) is 0.0377. The van der Waals surface area contributed by atoms with Crippen molar-refractivity contribution in [1.29, 1.82) is 0 Å². The monoisotopic (exact) mass is 926 g/mol. The second-order valence-corrected chi connectivity index (χ2v) is 17.3. The number of hydrogen-bond donors (Lipinski definition) is 6. The van der Waals surface area contributed by atoms with Gasteiger partial charge in [-0.1, -0.05) is 24.3 Å². The van der Waals surface area contributed by atoms with Gasteiger partial charge in [0, 0.05) is 78.8 Å². The third-order valence-electron chi connectivity index (χ3n) is 12.4. The van der Waals surface area contributed by atoms with Crippen molar-refractivity contribution < 1.29 is 38.2 Å². The van der Waals surface area contributed by atoms with E-state index in [-0.39, 0.29) is 55.7 Å². The van der Waals surface area contributed by atoms with Crippen LogP contribution in [0.2, 0.25) is 0 Å². The number of amides is 5. The molecule has 5 aromatic rings. The summed E-state index contributed by atoms with van der Waals surface area (Å²) in [5.41, 5.74) is 4.24. The third kappa shape index (κ3) is 11.9. The Morgan fingerprint density at radius 3 is 2.50 bits per heavy atom. The number of nitrogens with zero attached hydrogens (tertiary/aromatic N) is 4. The van der Waals surface area contributed by atoms with E-state index in [0.29, 0.717) is 61.1 Å². The summed E-state index contributed by atoms with van der Waals surface area (Å²) in [5.74, 6) is 0.441. The van der Waals surface area contributed by atoms with Crippen LogP contribution in [0.15, 0.2) is 91.3 Å². The Morgan fingerprint density at radius 1 is 0.882 bits per heavy atom. The molecule has 2 saturated heterocycles. The SMILES string of the molecule is C[C@@H](NC(=O)c1cccc(NC2(c3nc(-c4ccncc4)n[nH]3)CCNCC2)c1)c1cccc(OCCCCCOCCCOCC(=O)Nc2cccc3c2CN(C2CCC(=O)NC2=O)C3=O)c1. The fourth-order valence-corrected chi connectivity index (χ4v) is 8.72. The van der Waals surface area contributed by atoms with E-state index in [0.717, 1.165) is 73.6 Å². The first-order chi connectivity index (χ1) is 33.2. The molecule has 6 N–H and O–H groups in total. The molecule has 1 unspecified atom stereocenters. The van der Waals surface area contributed by atoms with Crippen LogP contribution in [0.3, 0.4) is 0 Å². The van der Waals surface area contributed by atoms with Crippen LogP contribution in [0.4, 0.5) is 11.4 Å². The lowest BCUT2D eigenvalue weighted by molar-refractivity contribution is -0.137. The highest BCUT2D eigenvalue weighted by Crippen LogP contribution is 2.35. The Labute approximate surface area is 394 Å². The molecule has 0 spiro atoms. The van der Waals surface area contributed by atoms with E-state index in [2.05, 4.69) is 41.8 Å². The van der Waals surface area contributed by atoms with Crippen molar-refractivity contribution >= 4 is 40.9 Å². The Hall–Kier alpha value is -7.02. The van der Waals surface area contributed by atoms with E-state index < -0.39 is 17.5 Å². The van der Waals surface area contributed by atoms with Gasteiger partial charge in [-0.3, -0.25) is 39.4 Å². The minimum atomic E-state index is -0.731. The van der Waals surface area contributed by atoms with E-state index in [1.54, 1.807) is 30.6 Å². The van der Waals surface area contributed by atoms with Crippen molar-refractivity contribution in [3.63, 3.8) is 0 Å². The molecule has 2 atom stereocenters. The first-order valence-corrected chi connectivity index (χ1v) is 23.3. The van der Waals surface area contributed by atoms with E-state index in [1.807, 2.05) is 67.6 Å². The minimum absolute atomic E-state index is 0.154. The fraction of sp³-hybridized carbons (Fsp3) is 0.400.